The van der Waals surface area contributed by atoms with Gasteiger partial charge in [0.2, 0.25) is 5.91 Å². The van der Waals surface area contributed by atoms with Gasteiger partial charge in [0.1, 0.15) is 0 Å². The number of nitrogens with one attached hydrogen (secondary N) is 1. The molecular weight excluding hydrogens is 190 g/mol. The molecule has 0 spiro atoms. The quantitative estimate of drug-likeness (QED) is 0.726. The van der Waals surface area contributed by atoms with Crippen molar-refractivity contribution in [2.75, 3.05) is 12.3 Å². The molecule has 0 aliphatic rings. The zero-order valence-electron chi connectivity index (χ0n) is 8.73. The zero-order valence-corrected chi connectivity index (χ0v) is 8.73. The maximum Gasteiger partial charge on any atom is 0.216 e. The zero-order chi connectivity index (χ0) is 11.1. The Balaban J connectivity index is 2.38. The Morgan fingerprint density at radius 2 is 2.47 bits per heavy atom. The van der Waals surface area contributed by atoms with Crippen molar-refractivity contribution < 1.29 is 4.79 Å². The molecule has 0 unspecified atom stereocenters. The number of amides is 1. The van der Waals surface area contributed by atoms with Crippen LogP contribution in [0.15, 0.2) is 24.5 Å². The molecule has 0 aliphatic heterocycles. The van der Waals surface area contributed by atoms with Crippen molar-refractivity contribution in [3.63, 3.8) is 0 Å². The summed E-state index contributed by atoms with van der Waals surface area (Å²) in [6.45, 7) is 2.15. The van der Waals surface area contributed by atoms with Crippen molar-refractivity contribution in [1.82, 2.24) is 10.3 Å². The van der Waals surface area contributed by atoms with E-state index in [1.807, 2.05) is 12.2 Å². The van der Waals surface area contributed by atoms with Crippen LogP contribution in [0.25, 0.3) is 6.08 Å². The predicted octanol–water partition coefficient (Wildman–Crippen LogP) is 1.20. The van der Waals surface area contributed by atoms with Gasteiger partial charge in [0.05, 0.1) is 0 Å². The smallest absolute Gasteiger partial charge is 0.216 e. The van der Waals surface area contributed by atoms with Gasteiger partial charge in [0.15, 0.2) is 0 Å². The number of nitrogens with zero attached hydrogens (tertiary/aromatic N) is 1. The number of carbonyl (C=O) groups excluding carboxylic acids is 1. The van der Waals surface area contributed by atoms with Crippen LogP contribution in [-0.4, -0.2) is 17.4 Å². The number of hydrogen-bond acceptors (Lipinski definition) is 3. The summed E-state index contributed by atoms with van der Waals surface area (Å²) in [5.74, 6) is -0.00992. The van der Waals surface area contributed by atoms with E-state index >= 15 is 0 Å². The van der Waals surface area contributed by atoms with E-state index in [0.29, 0.717) is 12.2 Å². The molecule has 80 valence electrons. The molecule has 3 N–H and O–H groups in total. The summed E-state index contributed by atoms with van der Waals surface area (Å²) in [6, 6.07) is 1.76. The molecule has 0 aliphatic carbocycles. The Hall–Kier alpha value is -1.84. The Bertz CT molecular complexity index is 361. The molecule has 0 saturated heterocycles. The van der Waals surface area contributed by atoms with Crippen molar-refractivity contribution >= 4 is 17.7 Å². The van der Waals surface area contributed by atoms with Crippen LogP contribution in [0.2, 0.25) is 0 Å². The first-order valence-electron chi connectivity index (χ1n) is 4.80. The normalized spacial score (nSPS) is 10.5. The number of nitrogens with two attached hydrogens (primary N) is 1. The minimum Gasteiger partial charge on any atom is -0.398 e. The van der Waals surface area contributed by atoms with Gasteiger partial charge in [-0.3, -0.25) is 9.78 Å². The average molecular weight is 205 g/mol. The molecule has 4 heteroatoms. The van der Waals surface area contributed by atoms with Gasteiger partial charge >= 0.3 is 0 Å². The van der Waals surface area contributed by atoms with E-state index in [9.17, 15) is 4.79 Å². The molecule has 1 aromatic rings. The fraction of sp³-hybridized carbons (Fsp3) is 0.273. The first kappa shape index (κ1) is 11.2. The highest BCUT2D eigenvalue weighted by atomic mass is 16.1. The Labute approximate surface area is 89.2 Å². The van der Waals surface area contributed by atoms with Crippen LogP contribution >= 0.6 is 0 Å². The van der Waals surface area contributed by atoms with E-state index in [1.165, 1.54) is 6.92 Å². The van der Waals surface area contributed by atoms with E-state index in [0.717, 1.165) is 12.0 Å². The lowest BCUT2D eigenvalue weighted by Gasteiger charge is -1.99. The lowest BCUT2D eigenvalue weighted by atomic mass is 10.2. The van der Waals surface area contributed by atoms with Crippen molar-refractivity contribution in [3.05, 3.63) is 30.1 Å². The number of aromatic nitrogens is 1. The summed E-state index contributed by atoms with van der Waals surface area (Å²) in [5, 5.41) is 2.71. The third-order valence-corrected chi connectivity index (χ3v) is 1.87. The van der Waals surface area contributed by atoms with Crippen LogP contribution in [0.1, 0.15) is 18.9 Å². The van der Waals surface area contributed by atoms with Gasteiger partial charge in [-0.15, -0.1) is 0 Å². The number of hydrogen-bond donors (Lipinski definition) is 2. The molecule has 0 bridgehead atoms. The second-order valence-electron chi connectivity index (χ2n) is 3.18. The third-order valence-electron chi connectivity index (χ3n) is 1.87. The second-order valence-corrected chi connectivity index (χ2v) is 3.18. The van der Waals surface area contributed by atoms with Gasteiger partial charge in [-0.05, 0) is 12.5 Å². The summed E-state index contributed by atoms with van der Waals surface area (Å²) in [5.41, 5.74) is 7.33. The van der Waals surface area contributed by atoms with E-state index in [4.69, 9.17) is 5.73 Å². The molecule has 0 fully saturated rings. The van der Waals surface area contributed by atoms with Gasteiger partial charge in [0, 0.05) is 37.1 Å². The van der Waals surface area contributed by atoms with Gasteiger partial charge < -0.3 is 11.1 Å². The summed E-state index contributed by atoms with van der Waals surface area (Å²) in [7, 11) is 0. The molecule has 15 heavy (non-hydrogen) atoms. The highest BCUT2D eigenvalue weighted by Gasteiger charge is 1.92. The SMILES string of the molecule is CC(=O)NCCC=Cc1cnccc1N. The van der Waals surface area contributed by atoms with Crippen molar-refractivity contribution in [2.24, 2.45) is 0 Å². The van der Waals surface area contributed by atoms with Gasteiger partial charge in [-0.1, -0.05) is 12.2 Å². The average Bonchev–Trinajstić information content (AvgIpc) is 2.20. The number of anilines is 1. The van der Waals surface area contributed by atoms with E-state index in [-0.39, 0.29) is 5.91 Å². The van der Waals surface area contributed by atoms with Gasteiger partial charge in [-0.2, -0.15) is 0 Å². The molecular formula is C11H15N3O. The fourth-order valence-electron chi connectivity index (χ4n) is 1.10. The lowest BCUT2D eigenvalue weighted by Crippen LogP contribution is -2.20. The molecule has 1 aromatic heterocycles. The molecule has 0 saturated carbocycles. The van der Waals surface area contributed by atoms with Crippen LogP contribution in [-0.2, 0) is 4.79 Å². The summed E-state index contributed by atoms with van der Waals surface area (Å²) >= 11 is 0. The molecule has 1 rings (SSSR count). The first-order valence-corrected chi connectivity index (χ1v) is 4.80. The number of carbonyl (C=O) groups is 1. The van der Waals surface area contributed by atoms with Crippen LogP contribution in [0.4, 0.5) is 5.69 Å². The summed E-state index contributed by atoms with van der Waals surface area (Å²) in [4.78, 5) is 14.5. The largest absolute Gasteiger partial charge is 0.398 e. The van der Waals surface area contributed by atoms with E-state index in [1.54, 1.807) is 18.5 Å². The third kappa shape index (κ3) is 4.26. The first-order chi connectivity index (χ1) is 7.20. The minimum atomic E-state index is -0.00992. The highest BCUT2D eigenvalue weighted by Crippen LogP contribution is 2.10. The number of rotatable bonds is 4. The maximum absolute atomic E-state index is 10.6. The fourth-order valence-corrected chi connectivity index (χ4v) is 1.10. The predicted molar refractivity (Wildman–Crippen MR) is 61.0 cm³/mol. The van der Waals surface area contributed by atoms with Crippen LogP contribution < -0.4 is 11.1 Å². The summed E-state index contributed by atoms with van der Waals surface area (Å²) in [6.07, 6.45) is 8.02. The van der Waals surface area contributed by atoms with Crippen molar-refractivity contribution in [3.8, 4) is 0 Å². The lowest BCUT2D eigenvalue weighted by molar-refractivity contribution is -0.118. The number of pyridine rings is 1. The maximum atomic E-state index is 10.6. The molecule has 0 aromatic carbocycles. The molecule has 4 nitrogen and oxygen atoms in total. The standard InChI is InChI=1S/C11H15N3O/c1-9(15)14-6-3-2-4-10-8-13-7-5-11(10)12/h2,4-5,7-8H,3,6H2,1H3,(H2,12,13)(H,14,15). The van der Waals surface area contributed by atoms with Crippen LogP contribution in [0.5, 0.6) is 0 Å². The summed E-state index contributed by atoms with van der Waals surface area (Å²) < 4.78 is 0. The van der Waals surface area contributed by atoms with Crippen LogP contribution in [0.3, 0.4) is 0 Å². The van der Waals surface area contributed by atoms with Crippen LogP contribution in [0, 0.1) is 0 Å². The molecule has 0 atom stereocenters. The Kier molecular flexibility index (Phi) is 4.34. The molecule has 1 heterocycles. The molecule has 1 amide bonds. The molecule has 0 radical (unpaired) electrons. The van der Waals surface area contributed by atoms with Gasteiger partial charge in [0.25, 0.3) is 0 Å². The Morgan fingerprint density at radius 3 is 3.13 bits per heavy atom. The monoisotopic (exact) mass is 205 g/mol. The second kappa shape index (κ2) is 5.80. The highest BCUT2D eigenvalue weighted by molar-refractivity contribution is 5.72. The van der Waals surface area contributed by atoms with E-state index in [2.05, 4.69) is 10.3 Å². The minimum absolute atomic E-state index is 0.00992. The Morgan fingerprint density at radius 1 is 1.67 bits per heavy atom. The van der Waals surface area contributed by atoms with E-state index < -0.39 is 0 Å². The van der Waals surface area contributed by atoms with Gasteiger partial charge in [-0.25, -0.2) is 0 Å². The topological polar surface area (TPSA) is 68.0 Å². The van der Waals surface area contributed by atoms with Crippen molar-refractivity contribution in [1.29, 1.82) is 0 Å². The number of nitrogen functional groups attached to an aromatic ring is 1. The van der Waals surface area contributed by atoms with Crippen molar-refractivity contribution in [2.45, 2.75) is 13.3 Å².